The number of benzene rings is 1. The second-order valence-corrected chi connectivity index (χ2v) is 5.96. The summed E-state index contributed by atoms with van der Waals surface area (Å²) >= 11 is 0. The predicted molar refractivity (Wildman–Crippen MR) is 82.8 cm³/mol. The van der Waals surface area contributed by atoms with E-state index < -0.39 is 0 Å². The van der Waals surface area contributed by atoms with E-state index in [2.05, 4.69) is 31.4 Å². The van der Waals surface area contributed by atoms with E-state index >= 15 is 0 Å². The Hall–Kier alpha value is -1.75. The summed E-state index contributed by atoms with van der Waals surface area (Å²) in [5.74, 6) is -0.161. The van der Waals surface area contributed by atoms with Gasteiger partial charge in [-0.2, -0.15) is 0 Å². The average Bonchev–Trinajstić information content (AvgIpc) is 2.38. The molecule has 0 aliphatic rings. The van der Waals surface area contributed by atoms with Crippen molar-refractivity contribution in [3.05, 3.63) is 23.8 Å². The first kappa shape index (κ1) is 16.3. The Morgan fingerprint density at radius 3 is 2.50 bits per heavy atom. The fraction of sp³-hybridized carbons (Fsp3) is 0.533. The Labute approximate surface area is 120 Å². The lowest BCUT2D eigenvalue weighted by Gasteiger charge is -2.32. The number of carbonyl (C=O) groups excluding carboxylic acids is 1. The van der Waals surface area contributed by atoms with Gasteiger partial charge in [0, 0.05) is 25.3 Å². The number of hydrogen-bond donors (Lipinski definition) is 4. The van der Waals surface area contributed by atoms with E-state index in [-0.39, 0.29) is 24.0 Å². The molecule has 0 bridgehead atoms. The predicted octanol–water partition coefficient (Wildman–Crippen LogP) is 1.84. The van der Waals surface area contributed by atoms with E-state index in [0.717, 1.165) is 5.69 Å². The molecule has 0 saturated carbocycles. The lowest BCUT2D eigenvalue weighted by molar-refractivity contribution is 0.0963. The Bertz CT molecular complexity index is 467. The molecule has 20 heavy (non-hydrogen) atoms. The molecule has 5 nitrogen and oxygen atoms in total. The van der Waals surface area contributed by atoms with Crippen LogP contribution in [0.2, 0.25) is 0 Å². The van der Waals surface area contributed by atoms with Gasteiger partial charge >= 0.3 is 0 Å². The maximum absolute atomic E-state index is 11.5. The molecule has 0 saturated heterocycles. The number of amides is 1. The monoisotopic (exact) mass is 279 g/mol. The zero-order valence-corrected chi connectivity index (χ0v) is 12.7. The number of nitrogen functional groups attached to an aromatic ring is 1. The van der Waals surface area contributed by atoms with Gasteiger partial charge in [0.15, 0.2) is 0 Å². The van der Waals surface area contributed by atoms with Crippen LogP contribution in [0.15, 0.2) is 18.2 Å². The van der Waals surface area contributed by atoms with Crippen LogP contribution in [-0.4, -0.2) is 30.7 Å². The largest absolute Gasteiger partial charge is 0.397 e. The zero-order valence-electron chi connectivity index (χ0n) is 12.7. The van der Waals surface area contributed by atoms with Gasteiger partial charge in [-0.05, 0) is 30.0 Å². The molecule has 1 aromatic rings. The molecule has 0 fully saturated rings. The lowest BCUT2D eigenvalue weighted by atomic mass is 9.84. The second kappa shape index (κ2) is 6.61. The van der Waals surface area contributed by atoms with Gasteiger partial charge in [0.1, 0.15) is 0 Å². The van der Waals surface area contributed by atoms with Crippen LogP contribution in [0.4, 0.5) is 11.4 Å². The summed E-state index contributed by atoms with van der Waals surface area (Å²) in [6.07, 6.45) is 0.639. The van der Waals surface area contributed by atoms with Crippen molar-refractivity contribution in [3.63, 3.8) is 0 Å². The normalized spacial score (nSPS) is 12.8. The highest BCUT2D eigenvalue weighted by atomic mass is 16.3. The fourth-order valence-corrected chi connectivity index (χ4v) is 2.02. The van der Waals surface area contributed by atoms with E-state index in [9.17, 15) is 9.90 Å². The number of carbonyl (C=O) groups is 1. The smallest absolute Gasteiger partial charge is 0.251 e. The van der Waals surface area contributed by atoms with Crippen molar-refractivity contribution in [2.75, 3.05) is 24.7 Å². The van der Waals surface area contributed by atoms with Gasteiger partial charge < -0.3 is 21.5 Å². The van der Waals surface area contributed by atoms with Gasteiger partial charge in [0.05, 0.1) is 11.4 Å². The van der Waals surface area contributed by atoms with Gasteiger partial charge in [-0.25, -0.2) is 0 Å². The third-order valence-corrected chi connectivity index (χ3v) is 3.33. The Morgan fingerprint density at radius 2 is 2.05 bits per heavy atom. The van der Waals surface area contributed by atoms with Gasteiger partial charge in [-0.15, -0.1) is 0 Å². The van der Waals surface area contributed by atoms with Gasteiger partial charge in [-0.1, -0.05) is 20.8 Å². The van der Waals surface area contributed by atoms with Gasteiger partial charge in [-0.3, -0.25) is 4.79 Å². The van der Waals surface area contributed by atoms with Gasteiger partial charge in [0.2, 0.25) is 0 Å². The van der Waals surface area contributed by atoms with E-state index in [1.807, 2.05) is 0 Å². The fourth-order valence-electron chi connectivity index (χ4n) is 2.02. The molecule has 1 aromatic carbocycles. The van der Waals surface area contributed by atoms with Crippen LogP contribution in [0.3, 0.4) is 0 Å². The molecule has 1 atom stereocenters. The van der Waals surface area contributed by atoms with Crippen molar-refractivity contribution in [3.8, 4) is 0 Å². The topological polar surface area (TPSA) is 87.4 Å². The molecule has 0 aliphatic heterocycles. The van der Waals surface area contributed by atoms with Gasteiger partial charge in [0.25, 0.3) is 5.91 Å². The van der Waals surface area contributed by atoms with Crippen molar-refractivity contribution in [2.45, 2.75) is 33.2 Å². The maximum Gasteiger partial charge on any atom is 0.251 e. The van der Waals surface area contributed by atoms with Crippen LogP contribution < -0.4 is 16.4 Å². The minimum Gasteiger partial charge on any atom is -0.397 e. The Morgan fingerprint density at radius 1 is 1.40 bits per heavy atom. The molecule has 1 rings (SSSR count). The number of aliphatic hydroxyl groups excluding tert-OH is 1. The number of nitrogens with one attached hydrogen (secondary N) is 2. The first-order valence-electron chi connectivity index (χ1n) is 6.78. The van der Waals surface area contributed by atoms with E-state index in [1.54, 1.807) is 25.2 Å². The summed E-state index contributed by atoms with van der Waals surface area (Å²) in [7, 11) is 1.58. The Balaban J connectivity index is 2.94. The number of anilines is 2. The molecule has 0 spiro atoms. The second-order valence-electron chi connectivity index (χ2n) is 5.96. The highest BCUT2D eigenvalue weighted by Gasteiger charge is 2.24. The van der Waals surface area contributed by atoms with E-state index in [0.29, 0.717) is 17.7 Å². The van der Waals surface area contributed by atoms with Crippen molar-refractivity contribution in [1.29, 1.82) is 0 Å². The van der Waals surface area contributed by atoms with Crippen LogP contribution in [0.5, 0.6) is 0 Å². The highest BCUT2D eigenvalue weighted by molar-refractivity contribution is 5.95. The third-order valence-electron chi connectivity index (χ3n) is 3.33. The van der Waals surface area contributed by atoms with Crippen LogP contribution >= 0.6 is 0 Å². The molecule has 1 unspecified atom stereocenters. The van der Waals surface area contributed by atoms with Crippen LogP contribution in [0.1, 0.15) is 37.6 Å². The number of hydrogen-bond acceptors (Lipinski definition) is 4. The molecular formula is C15H25N3O2. The Kier molecular flexibility index (Phi) is 5.39. The number of nitrogens with two attached hydrogens (primary N) is 1. The molecule has 0 aromatic heterocycles. The van der Waals surface area contributed by atoms with Crippen LogP contribution in [-0.2, 0) is 0 Å². The molecule has 5 heteroatoms. The van der Waals surface area contributed by atoms with Crippen LogP contribution in [0.25, 0.3) is 0 Å². The SMILES string of the molecule is CNC(=O)c1ccc(NC(CCO)C(C)(C)C)c(N)c1. The zero-order chi connectivity index (χ0) is 15.3. The quantitative estimate of drug-likeness (QED) is 0.619. The molecule has 0 aliphatic carbocycles. The summed E-state index contributed by atoms with van der Waals surface area (Å²) in [6.45, 7) is 6.44. The first-order chi connectivity index (χ1) is 9.29. The lowest BCUT2D eigenvalue weighted by Crippen LogP contribution is -2.35. The van der Waals surface area contributed by atoms with E-state index in [4.69, 9.17) is 5.73 Å². The minimum absolute atomic E-state index is 0.00532. The molecule has 112 valence electrons. The standard InChI is InChI=1S/C15H25N3O2/c1-15(2,3)13(7-8-19)18-12-6-5-10(9-11(12)16)14(20)17-4/h5-6,9,13,18-19H,7-8,16H2,1-4H3,(H,17,20). The summed E-state index contributed by atoms with van der Waals surface area (Å²) in [5, 5.41) is 15.1. The van der Waals surface area contributed by atoms with E-state index in [1.165, 1.54) is 0 Å². The van der Waals surface area contributed by atoms with Crippen molar-refractivity contribution >= 4 is 17.3 Å². The third kappa shape index (κ3) is 4.13. The molecule has 0 heterocycles. The average molecular weight is 279 g/mol. The summed E-state index contributed by atoms with van der Waals surface area (Å²) in [6, 6.07) is 5.28. The molecule has 0 radical (unpaired) electrons. The van der Waals surface area contributed by atoms with Crippen molar-refractivity contribution in [2.24, 2.45) is 5.41 Å². The molecular weight excluding hydrogens is 254 g/mol. The van der Waals surface area contributed by atoms with Crippen molar-refractivity contribution < 1.29 is 9.90 Å². The first-order valence-corrected chi connectivity index (χ1v) is 6.78. The number of rotatable bonds is 5. The molecule has 5 N–H and O–H groups in total. The highest BCUT2D eigenvalue weighted by Crippen LogP contribution is 2.28. The van der Waals surface area contributed by atoms with Crippen LogP contribution in [0, 0.1) is 5.41 Å². The molecule has 1 amide bonds. The summed E-state index contributed by atoms with van der Waals surface area (Å²) in [4.78, 5) is 11.5. The summed E-state index contributed by atoms with van der Waals surface area (Å²) < 4.78 is 0. The van der Waals surface area contributed by atoms with Crippen molar-refractivity contribution in [1.82, 2.24) is 5.32 Å². The number of aliphatic hydroxyl groups is 1. The minimum atomic E-state index is -0.161. The summed E-state index contributed by atoms with van der Waals surface area (Å²) in [5.41, 5.74) is 7.83. The maximum atomic E-state index is 11.5.